The number of nitrogens with one attached hydrogen (secondary N) is 1. The molecule has 3 nitrogen and oxygen atoms in total. The average molecular weight is 250 g/mol. The maximum absolute atomic E-state index is 12.9. The number of nitrogens with zero attached hydrogens (tertiary/aromatic N) is 1. The number of carbonyl (C=O) groups excluding carboxylic acids is 1. The summed E-state index contributed by atoms with van der Waals surface area (Å²) in [5.74, 6) is -0.328. The maximum atomic E-state index is 12.9. The van der Waals surface area contributed by atoms with Crippen LogP contribution in [0.15, 0.2) is 0 Å². The van der Waals surface area contributed by atoms with Gasteiger partial charge in [0.15, 0.2) is 0 Å². The fourth-order valence-electron chi connectivity index (χ4n) is 2.39. The van der Waals surface area contributed by atoms with Crippen molar-refractivity contribution >= 4 is 5.91 Å². The molecule has 0 aromatic heterocycles. The number of amides is 1. The van der Waals surface area contributed by atoms with E-state index in [1.807, 2.05) is 13.8 Å². The summed E-state index contributed by atoms with van der Waals surface area (Å²) in [4.78, 5) is 13.0. The zero-order valence-electron chi connectivity index (χ0n) is 9.97. The summed E-state index contributed by atoms with van der Waals surface area (Å²) >= 11 is 0. The summed E-state index contributed by atoms with van der Waals surface area (Å²) in [5.41, 5.74) is -1.88. The summed E-state index contributed by atoms with van der Waals surface area (Å²) in [5, 5.41) is 2.90. The third-order valence-electron chi connectivity index (χ3n) is 3.98. The molecule has 1 amide bonds. The van der Waals surface area contributed by atoms with Crippen LogP contribution in [0.25, 0.3) is 0 Å². The van der Waals surface area contributed by atoms with Crippen LogP contribution in [0.1, 0.15) is 33.1 Å². The lowest BCUT2D eigenvalue weighted by molar-refractivity contribution is -0.197. The molecule has 2 fully saturated rings. The Bertz CT molecular complexity index is 325. The van der Waals surface area contributed by atoms with Gasteiger partial charge in [-0.2, -0.15) is 13.2 Å². The highest BCUT2D eigenvalue weighted by molar-refractivity contribution is 5.85. The Kier molecular flexibility index (Phi) is 2.88. The van der Waals surface area contributed by atoms with Crippen LogP contribution in [0.5, 0.6) is 0 Å². The molecular formula is C11H17F3N2O. The standard InChI is InChI=1S/C11H17F3N2O/c1-3-7(2)8-9(17)16(6-15-8)10(4-5-10)11(12,13)14/h7-8,15H,3-6H2,1-2H3. The second-order valence-corrected chi connectivity index (χ2v) is 5.02. The van der Waals surface area contributed by atoms with Gasteiger partial charge in [0.1, 0.15) is 5.54 Å². The van der Waals surface area contributed by atoms with Crippen molar-refractivity contribution in [3.05, 3.63) is 0 Å². The minimum atomic E-state index is -4.31. The molecule has 1 aliphatic carbocycles. The lowest BCUT2D eigenvalue weighted by atomic mass is 9.99. The van der Waals surface area contributed by atoms with Crippen LogP contribution in [0.2, 0.25) is 0 Å². The predicted octanol–water partition coefficient (Wildman–Crippen LogP) is 1.89. The number of rotatable bonds is 3. The number of hydrogen-bond acceptors (Lipinski definition) is 2. The molecule has 2 aliphatic rings. The van der Waals surface area contributed by atoms with Crippen molar-refractivity contribution in [1.82, 2.24) is 10.2 Å². The van der Waals surface area contributed by atoms with E-state index in [1.54, 1.807) is 0 Å². The highest BCUT2D eigenvalue weighted by atomic mass is 19.4. The second kappa shape index (κ2) is 3.86. The molecule has 2 atom stereocenters. The van der Waals surface area contributed by atoms with Gasteiger partial charge in [0.05, 0.1) is 12.7 Å². The van der Waals surface area contributed by atoms with Crippen molar-refractivity contribution in [2.75, 3.05) is 6.67 Å². The smallest absolute Gasteiger partial charge is 0.314 e. The van der Waals surface area contributed by atoms with E-state index >= 15 is 0 Å². The summed E-state index contributed by atoms with van der Waals surface area (Å²) in [6, 6.07) is -0.458. The normalized spacial score (nSPS) is 29.6. The molecule has 1 heterocycles. The molecule has 0 aromatic rings. The molecule has 17 heavy (non-hydrogen) atoms. The number of alkyl halides is 3. The topological polar surface area (TPSA) is 32.3 Å². The van der Waals surface area contributed by atoms with E-state index in [0.29, 0.717) is 0 Å². The van der Waals surface area contributed by atoms with Gasteiger partial charge >= 0.3 is 6.18 Å². The molecular weight excluding hydrogens is 233 g/mol. The molecule has 0 bridgehead atoms. The van der Waals surface area contributed by atoms with Crippen LogP contribution in [-0.2, 0) is 4.79 Å². The van der Waals surface area contributed by atoms with Gasteiger partial charge in [-0.25, -0.2) is 0 Å². The lowest BCUT2D eigenvalue weighted by Crippen LogP contribution is -2.50. The minimum Gasteiger partial charge on any atom is -0.314 e. The van der Waals surface area contributed by atoms with Crippen LogP contribution in [0, 0.1) is 5.92 Å². The van der Waals surface area contributed by atoms with E-state index in [2.05, 4.69) is 5.32 Å². The molecule has 1 saturated carbocycles. The number of halogens is 3. The van der Waals surface area contributed by atoms with Crippen molar-refractivity contribution in [2.45, 2.75) is 50.9 Å². The first-order valence-corrected chi connectivity index (χ1v) is 5.95. The van der Waals surface area contributed by atoms with E-state index < -0.39 is 23.7 Å². The zero-order valence-corrected chi connectivity index (χ0v) is 9.97. The van der Waals surface area contributed by atoms with E-state index in [-0.39, 0.29) is 25.4 Å². The average Bonchev–Trinajstić information content (AvgIpc) is 2.97. The lowest BCUT2D eigenvalue weighted by Gasteiger charge is -2.29. The summed E-state index contributed by atoms with van der Waals surface area (Å²) in [7, 11) is 0. The van der Waals surface area contributed by atoms with Gasteiger partial charge in [0.2, 0.25) is 5.91 Å². The van der Waals surface area contributed by atoms with Gasteiger partial charge < -0.3 is 4.90 Å². The highest BCUT2D eigenvalue weighted by Gasteiger charge is 2.69. The van der Waals surface area contributed by atoms with Gasteiger partial charge in [-0.15, -0.1) is 0 Å². The molecule has 0 spiro atoms. The Morgan fingerprint density at radius 2 is 2.12 bits per heavy atom. The Morgan fingerprint density at radius 3 is 2.53 bits per heavy atom. The third kappa shape index (κ3) is 1.82. The fraction of sp³-hybridized carbons (Fsp3) is 0.909. The third-order valence-corrected chi connectivity index (χ3v) is 3.98. The summed E-state index contributed by atoms with van der Waals surface area (Å²) < 4.78 is 38.7. The van der Waals surface area contributed by atoms with Gasteiger partial charge in [-0.1, -0.05) is 20.3 Å². The zero-order chi connectivity index (χ0) is 12.8. The van der Waals surface area contributed by atoms with Crippen LogP contribution in [-0.4, -0.2) is 35.2 Å². The Morgan fingerprint density at radius 1 is 1.53 bits per heavy atom. The van der Waals surface area contributed by atoms with Gasteiger partial charge in [-0.3, -0.25) is 10.1 Å². The van der Waals surface area contributed by atoms with Crippen LogP contribution in [0.3, 0.4) is 0 Å². The monoisotopic (exact) mass is 250 g/mol. The first-order valence-electron chi connectivity index (χ1n) is 5.95. The first-order chi connectivity index (χ1) is 7.83. The molecule has 1 saturated heterocycles. The van der Waals surface area contributed by atoms with E-state index in [0.717, 1.165) is 11.3 Å². The number of carbonyl (C=O) groups is 1. The van der Waals surface area contributed by atoms with Crippen molar-refractivity contribution < 1.29 is 18.0 Å². The van der Waals surface area contributed by atoms with Crippen molar-refractivity contribution in [1.29, 1.82) is 0 Å². The van der Waals surface area contributed by atoms with Crippen molar-refractivity contribution in [3.8, 4) is 0 Å². The first kappa shape index (κ1) is 12.7. The van der Waals surface area contributed by atoms with E-state index in [9.17, 15) is 18.0 Å². The molecule has 0 aromatic carbocycles. The van der Waals surface area contributed by atoms with E-state index in [4.69, 9.17) is 0 Å². The predicted molar refractivity (Wildman–Crippen MR) is 56.1 cm³/mol. The molecule has 2 rings (SSSR count). The van der Waals surface area contributed by atoms with Crippen LogP contribution >= 0.6 is 0 Å². The number of hydrogen-bond donors (Lipinski definition) is 1. The molecule has 0 radical (unpaired) electrons. The Balaban J connectivity index is 2.14. The Hall–Kier alpha value is -0.780. The Labute approximate surface area is 98.3 Å². The summed E-state index contributed by atoms with van der Waals surface area (Å²) in [6.07, 6.45) is -3.46. The fourth-order valence-corrected chi connectivity index (χ4v) is 2.39. The SMILES string of the molecule is CCC(C)C1NCN(C2(C(F)(F)F)CC2)C1=O. The molecule has 1 N–H and O–H groups in total. The van der Waals surface area contributed by atoms with Crippen molar-refractivity contribution in [3.63, 3.8) is 0 Å². The largest absolute Gasteiger partial charge is 0.411 e. The van der Waals surface area contributed by atoms with Gasteiger partial charge in [0.25, 0.3) is 0 Å². The van der Waals surface area contributed by atoms with Gasteiger partial charge in [-0.05, 0) is 18.8 Å². The molecule has 2 unspecified atom stereocenters. The molecule has 1 aliphatic heterocycles. The molecule has 98 valence electrons. The maximum Gasteiger partial charge on any atom is 0.411 e. The quantitative estimate of drug-likeness (QED) is 0.829. The van der Waals surface area contributed by atoms with Crippen molar-refractivity contribution in [2.24, 2.45) is 5.92 Å². The van der Waals surface area contributed by atoms with E-state index in [1.165, 1.54) is 0 Å². The van der Waals surface area contributed by atoms with Crippen LogP contribution < -0.4 is 5.32 Å². The molecule has 6 heteroatoms. The second-order valence-electron chi connectivity index (χ2n) is 5.02. The summed E-state index contributed by atoms with van der Waals surface area (Å²) in [6.45, 7) is 3.83. The highest BCUT2D eigenvalue weighted by Crippen LogP contribution is 2.54. The van der Waals surface area contributed by atoms with Gasteiger partial charge in [0, 0.05) is 0 Å². The minimum absolute atomic E-state index is 0.0212. The van der Waals surface area contributed by atoms with Crippen LogP contribution in [0.4, 0.5) is 13.2 Å².